The zero-order chi connectivity index (χ0) is 22.2. The van der Waals surface area contributed by atoms with Gasteiger partial charge in [-0.05, 0) is 13.6 Å². The summed E-state index contributed by atoms with van der Waals surface area (Å²) >= 11 is 0. The van der Waals surface area contributed by atoms with Gasteiger partial charge in [-0.2, -0.15) is 58.7 Å². The minimum atomic E-state index is -7.67. The second-order valence-corrected chi connectivity index (χ2v) is 6.28. The Bertz CT molecular complexity index is 645. The molecule has 164 valence electrons. The maximum atomic E-state index is 14.5. The van der Waals surface area contributed by atoms with Crippen molar-refractivity contribution in [1.82, 2.24) is 0 Å². The first-order chi connectivity index (χ1) is 12.3. The second-order valence-electron chi connectivity index (χ2n) is 6.28. The van der Waals surface area contributed by atoms with E-state index in [9.17, 15) is 66.3 Å². The Labute approximate surface area is 141 Å². The molecule has 2 atom stereocenters. The van der Waals surface area contributed by atoms with Gasteiger partial charge >= 0.3 is 40.9 Å². The Morgan fingerprint density at radius 3 is 1.04 bits per heavy atom. The number of hydrogen-bond donors (Lipinski definition) is 0. The summed E-state index contributed by atoms with van der Waals surface area (Å²) in [6.07, 6.45) is -5.80. The quantitative estimate of drug-likeness (QED) is 0.600. The van der Waals surface area contributed by atoms with Gasteiger partial charge in [-0.1, -0.05) is 0 Å². The summed E-state index contributed by atoms with van der Waals surface area (Å²) in [5.41, 5.74) is -28.1. The lowest BCUT2D eigenvalue weighted by molar-refractivity contribution is -0.646. The molecule has 4 bridgehead atoms. The van der Waals surface area contributed by atoms with Crippen LogP contribution in [0, 0.1) is 0 Å². The molecule has 4 fully saturated rings. The van der Waals surface area contributed by atoms with Gasteiger partial charge in [-0.15, -0.1) is 0 Å². The van der Waals surface area contributed by atoms with Crippen molar-refractivity contribution in [2.75, 3.05) is 0 Å². The molecule has 0 radical (unpaired) electrons. The van der Waals surface area contributed by atoms with Crippen molar-refractivity contribution in [2.45, 2.75) is 58.3 Å². The zero-order valence-corrected chi connectivity index (χ0v) is 12.0. The van der Waals surface area contributed by atoms with Gasteiger partial charge in [0.2, 0.25) is 0 Å². The van der Waals surface area contributed by atoms with Crippen molar-refractivity contribution < 1.29 is 81.1 Å². The molecule has 4 saturated carbocycles. The van der Waals surface area contributed by atoms with Crippen molar-refractivity contribution in [3.8, 4) is 0 Å². The van der Waals surface area contributed by atoms with E-state index >= 15 is 0 Å². The summed E-state index contributed by atoms with van der Waals surface area (Å²) in [6.45, 7) is 0. The van der Waals surface area contributed by atoms with Crippen LogP contribution in [-0.2, 0) is 14.8 Å². The number of rotatable bonds is 3. The van der Waals surface area contributed by atoms with E-state index in [1.54, 1.807) is 14.8 Å². The third-order valence-corrected chi connectivity index (χ3v) is 5.56. The average Bonchev–Trinajstić information content (AvgIpc) is 2.52. The molecule has 4 rings (SSSR count). The Balaban J connectivity index is 2.71. The van der Waals surface area contributed by atoms with Gasteiger partial charge in [0.05, 0.1) is 0 Å². The highest BCUT2D eigenvalue weighted by Crippen LogP contribution is 2.86. The van der Waals surface area contributed by atoms with Crippen molar-refractivity contribution in [2.24, 2.45) is 0 Å². The fourth-order valence-corrected chi connectivity index (χ4v) is 4.19. The molecule has 3 nitrogen and oxygen atoms in total. The minimum absolute atomic E-state index is 1.63. The lowest BCUT2D eigenvalue weighted by Crippen LogP contribution is -3.09. The summed E-state index contributed by atoms with van der Waals surface area (Å²) < 4.78 is 209. The van der Waals surface area contributed by atoms with E-state index in [1.165, 1.54) is 0 Å². The standard InChI is InChI=1S/C10HF15O3/c11-1-2(26-23)6(13,14)4(12)7(15,16)3(1,27-24)9(19,20)5(28-25,8(2,17)18)10(4,21)22/h1H. The van der Waals surface area contributed by atoms with Crippen LogP contribution in [0.15, 0.2) is 0 Å². The molecule has 2 unspecified atom stereocenters. The van der Waals surface area contributed by atoms with Crippen molar-refractivity contribution in [1.29, 1.82) is 0 Å². The molecule has 4 aliphatic rings. The normalized spacial score (nSPS) is 51.3. The molecular formula is C10HF15O3. The third-order valence-electron chi connectivity index (χ3n) is 5.56. The molecule has 0 spiro atoms. The van der Waals surface area contributed by atoms with E-state index < -0.39 is 58.3 Å². The smallest absolute Gasteiger partial charge is 0.240 e. The predicted octanol–water partition coefficient (Wildman–Crippen LogP) is 4.17. The molecule has 4 aliphatic carbocycles. The van der Waals surface area contributed by atoms with Crippen LogP contribution in [0.25, 0.3) is 0 Å². The molecular weight excluding hydrogens is 453 g/mol. The van der Waals surface area contributed by atoms with Gasteiger partial charge in [-0.25, -0.2) is 8.78 Å². The van der Waals surface area contributed by atoms with E-state index in [4.69, 9.17) is 0 Å². The summed E-state index contributed by atoms with van der Waals surface area (Å²) in [5, 5.41) is 0. The highest BCUT2D eigenvalue weighted by Gasteiger charge is 3.21. The Morgan fingerprint density at radius 1 is 0.464 bits per heavy atom. The van der Waals surface area contributed by atoms with Gasteiger partial charge in [0.25, 0.3) is 11.2 Å². The highest BCUT2D eigenvalue weighted by atomic mass is 19.3. The number of hydrogen-bond acceptors (Lipinski definition) is 3. The Hall–Kier alpha value is -1.17. The minimum Gasteiger partial charge on any atom is -0.240 e. The lowest BCUT2D eigenvalue weighted by Gasteiger charge is -2.73. The maximum Gasteiger partial charge on any atom is 0.337 e. The van der Waals surface area contributed by atoms with Crippen LogP contribution < -0.4 is 0 Å². The fourth-order valence-electron chi connectivity index (χ4n) is 4.19. The molecule has 0 aromatic heterocycles. The monoisotopic (exact) mass is 454 g/mol. The SMILES string of the molecule is FOC12C(F)C3(OF)C(F)(F)C(F)(C1(F)F)C(F)(F)C(OF)(C2(F)F)C3(F)F. The van der Waals surface area contributed by atoms with Crippen LogP contribution in [0.5, 0.6) is 0 Å². The van der Waals surface area contributed by atoms with E-state index in [0.29, 0.717) is 0 Å². The van der Waals surface area contributed by atoms with Gasteiger partial charge in [0.15, 0.2) is 6.17 Å². The second kappa shape index (κ2) is 4.60. The number of alkyl halides is 12. The predicted molar refractivity (Wildman–Crippen MR) is 48.2 cm³/mol. The van der Waals surface area contributed by atoms with Crippen molar-refractivity contribution in [3.63, 3.8) is 0 Å². The summed E-state index contributed by atoms with van der Waals surface area (Å²) in [4.78, 5) is 5.20. The Morgan fingerprint density at radius 2 is 0.786 bits per heavy atom. The van der Waals surface area contributed by atoms with E-state index in [-0.39, 0.29) is 0 Å². The van der Waals surface area contributed by atoms with E-state index in [2.05, 4.69) is 0 Å². The number of halogens is 15. The van der Waals surface area contributed by atoms with Crippen LogP contribution in [0.3, 0.4) is 0 Å². The topological polar surface area (TPSA) is 27.7 Å². The molecule has 0 amide bonds. The van der Waals surface area contributed by atoms with Gasteiger partial charge in [0.1, 0.15) is 0 Å². The van der Waals surface area contributed by atoms with Crippen LogP contribution in [-0.4, -0.2) is 58.3 Å². The average molecular weight is 454 g/mol. The highest BCUT2D eigenvalue weighted by molar-refractivity contribution is 5.52. The molecule has 18 heteroatoms. The van der Waals surface area contributed by atoms with E-state index in [0.717, 1.165) is 0 Å². The van der Waals surface area contributed by atoms with E-state index in [1.807, 2.05) is 0 Å². The first-order valence-electron chi connectivity index (χ1n) is 6.45. The van der Waals surface area contributed by atoms with Crippen molar-refractivity contribution >= 4 is 0 Å². The van der Waals surface area contributed by atoms with Gasteiger partial charge in [-0.3, -0.25) is 0 Å². The summed E-state index contributed by atoms with van der Waals surface area (Å²) in [6, 6.07) is 0. The van der Waals surface area contributed by atoms with Crippen LogP contribution in [0.1, 0.15) is 0 Å². The first-order valence-corrected chi connectivity index (χ1v) is 6.45. The molecule has 0 aromatic rings. The lowest BCUT2D eigenvalue weighted by atomic mass is 9.40. The van der Waals surface area contributed by atoms with Crippen molar-refractivity contribution in [3.05, 3.63) is 0 Å². The molecule has 0 aliphatic heterocycles. The zero-order valence-electron chi connectivity index (χ0n) is 12.0. The van der Waals surface area contributed by atoms with Crippen LogP contribution >= 0.6 is 0 Å². The summed E-state index contributed by atoms with van der Waals surface area (Å²) in [5.74, 6) is -37.3. The molecule has 0 saturated heterocycles. The molecule has 0 aromatic carbocycles. The van der Waals surface area contributed by atoms with Gasteiger partial charge in [0, 0.05) is 0 Å². The van der Waals surface area contributed by atoms with Crippen LogP contribution in [0.4, 0.5) is 66.3 Å². The largest absolute Gasteiger partial charge is 0.337 e. The first kappa shape index (κ1) is 21.5. The molecule has 0 N–H and O–H groups in total. The van der Waals surface area contributed by atoms with Gasteiger partial charge < -0.3 is 0 Å². The fraction of sp³-hybridized carbons (Fsp3) is 1.00. The summed E-state index contributed by atoms with van der Waals surface area (Å²) in [7, 11) is 0. The Kier molecular flexibility index (Phi) is 3.54. The molecule has 28 heavy (non-hydrogen) atoms. The third kappa shape index (κ3) is 1.17. The molecule has 0 heterocycles. The van der Waals surface area contributed by atoms with Crippen LogP contribution in [0.2, 0.25) is 0 Å². The maximum absolute atomic E-state index is 14.5.